The number of aromatic hydroxyl groups is 1. The molecule has 0 saturated carbocycles. The summed E-state index contributed by atoms with van der Waals surface area (Å²) in [6.45, 7) is 3.94. The van der Waals surface area contributed by atoms with Gasteiger partial charge in [0.15, 0.2) is 0 Å². The largest absolute Gasteiger partial charge is 0.507 e. The quantitative estimate of drug-likeness (QED) is 0.306. The molecular formula is C27H24FNO5. The Bertz CT molecular complexity index is 1300. The van der Waals surface area contributed by atoms with Crippen molar-refractivity contribution in [2.24, 2.45) is 0 Å². The lowest BCUT2D eigenvalue weighted by Crippen LogP contribution is -2.29. The van der Waals surface area contributed by atoms with Gasteiger partial charge >= 0.3 is 0 Å². The van der Waals surface area contributed by atoms with Crippen LogP contribution < -0.4 is 9.64 Å². The first-order chi connectivity index (χ1) is 16.2. The van der Waals surface area contributed by atoms with Gasteiger partial charge in [0.25, 0.3) is 11.7 Å². The molecule has 1 fully saturated rings. The van der Waals surface area contributed by atoms with Crippen LogP contribution in [0.1, 0.15) is 42.5 Å². The predicted octanol–water partition coefficient (Wildman–Crippen LogP) is 5.29. The molecule has 2 N–H and O–H groups in total. The van der Waals surface area contributed by atoms with Gasteiger partial charge in [0.1, 0.15) is 23.1 Å². The number of phenolic OH excluding ortho intramolecular Hbond substituents is 1. The lowest BCUT2D eigenvalue weighted by molar-refractivity contribution is -0.132. The number of aliphatic hydroxyl groups is 1. The van der Waals surface area contributed by atoms with E-state index in [1.165, 1.54) is 36.4 Å². The summed E-state index contributed by atoms with van der Waals surface area (Å²) in [5.41, 5.74) is 1.52. The highest BCUT2D eigenvalue weighted by Crippen LogP contribution is 2.45. The third-order valence-corrected chi connectivity index (χ3v) is 5.90. The maximum Gasteiger partial charge on any atom is 0.300 e. The number of aliphatic hydroxyl groups excluding tert-OH is 1. The molecule has 0 spiro atoms. The molecule has 174 valence electrons. The van der Waals surface area contributed by atoms with E-state index < -0.39 is 23.5 Å². The summed E-state index contributed by atoms with van der Waals surface area (Å²) in [6.07, 6.45) is 0. The number of phenols is 1. The zero-order valence-corrected chi connectivity index (χ0v) is 18.9. The third kappa shape index (κ3) is 3.90. The molecule has 4 rings (SSSR count). The number of amides is 1. The number of methoxy groups -OCH3 is 1. The molecule has 7 heteroatoms. The highest BCUT2D eigenvalue weighted by molar-refractivity contribution is 6.51. The molecule has 1 atom stereocenters. The van der Waals surface area contributed by atoms with E-state index in [1.807, 2.05) is 13.8 Å². The number of nitrogens with zero attached hydrogens (tertiary/aromatic N) is 1. The second-order valence-corrected chi connectivity index (χ2v) is 8.32. The van der Waals surface area contributed by atoms with Gasteiger partial charge in [-0.25, -0.2) is 4.39 Å². The smallest absolute Gasteiger partial charge is 0.300 e. The van der Waals surface area contributed by atoms with Crippen molar-refractivity contribution < 1.29 is 28.9 Å². The second-order valence-electron chi connectivity index (χ2n) is 8.32. The Labute approximate surface area is 196 Å². The molecule has 1 aliphatic rings. The van der Waals surface area contributed by atoms with Crippen LogP contribution in [-0.2, 0) is 9.59 Å². The normalized spacial score (nSPS) is 17.4. The number of para-hydroxylation sites is 2. The molecule has 1 aliphatic heterocycles. The molecule has 34 heavy (non-hydrogen) atoms. The van der Waals surface area contributed by atoms with Crippen LogP contribution in [0.5, 0.6) is 11.5 Å². The molecule has 1 amide bonds. The van der Waals surface area contributed by atoms with E-state index in [0.29, 0.717) is 16.9 Å². The molecule has 1 saturated heterocycles. The monoisotopic (exact) mass is 461 g/mol. The van der Waals surface area contributed by atoms with Crippen molar-refractivity contribution >= 4 is 23.1 Å². The van der Waals surface area contributed by atoms with Gasteiger partial charge in [0.2, 0.25) is 0 Å². The minimum absolute atomic E-state index is 0.0688. The second kappa shape index (κ2) is 9.02. The van der Waals surface area contributed by atoms with Crippen LogP contribution in [-0.4, -0.2) is 29.0 Å². The minimum Gasteiger partial charge on any atom is -0.507 e. The van der Waals surface area contributed by atoms with E-state index in [-0.39, 0.29) is 28.7 Å². The van der Waals surface area contributed by atoms with Crippen LogP contribution in [0.25, 0.3) is 5.76 Å². The van der Waals surface area contributed by atoms with Gasteiger partial charge in [-0.2, -0.15) is 0 Å². The van der Waals surface area contributed by atoms with Crippen molar-refractivity contribution in [1.29, 1.82) is 0 Å². The van der Waals surface area contributed by atoms with Crippen LogP contribution >= 0.6 is 0 Å². The van der Waals surface area contributed by atoms with E-state index in [2.05, 4.69) is 0 Å². The molecule has 0 radical (unpaired) electrons. The summed E-state index contributed by atoms with van der Waals surface area (Å²) in [5.74, 6) is -2.17. The summed E-state index contributed by atoms with van der Waals surface area (Å²) in [4.78, 5) is 27.5. The molecule has 1 heterocycles. The fraction of sp³-hybridized carbons (Fsp3) is 0.185. The minimum atomic E-state index is -1.07. The topological polar surface area (TPSA) is 87.1 Å². The van der Waals surface area contributed by atoms with Crippen LogP contribution in [0, 0.1) is 5.82 Å². The zero-order chi connectivity index (χ0) is 24.6. The molecule has 1 unspecified atom stereocenters. The Morgan fingerprint density at radius 2 is 1.71 bits per heavy atom. The van der Waals surface area contributed by atoms with Gasteiger partial charge in [-0.3, -0.25) is 14.5 Å². The van der Waals surface area contributed by atoms with E-state index in [1.54, 1.807) is 37.4 Å². The number of ketones is 1. The maximum absolute atomic E-state index is 13.7. The van der Waals surface area contributed by atoms with Gasteiger partial charge in [-0.1, -0.05) is 38.1 Å². The fourth-order valence-corrected chi connectivity index (χ4v) is 4.20. The average Bonchev–Trinajstić information content (AvgIpc) is 3.09. The van der Waals surface area contributed by atoms with Crippen molar-refractivity contribution in [3.63, 3.8) is 0 Å². The summed E-state index contributed by atoms with van der Waals surface area (Å²) in [7, 11) is 1.55. The Kier molecular flexibility index (Phi) is 6.11. The Hall–Kier alpha value is -4.13. The van der Waals surface area contributed by atoms with Crippen LogP contribution in [0.3, 0.4) is 0 Å². The van der Waals surface area contributed by atoms with Crippen molar-refractivity contribution in [2.75, 3.05) is 12.0 Å². The van der Waals surface area contributed by atoms with E-state index in [0.717, 1.165) is 10.5 Å². The number of rotatable bonds is 5. The van der Waals surface area contributed by atoms with Gasteiger partial charge in [-0.05, 0) is 59.5 Å². The fourth-order valence-electron chi connectivity index (χ4n) is 4.20. The van der Waals surface area contributed by atoms with Gasteiger partial charge in [0.05, 0.1) is 24.4 Å². The first-order valence-corrected chi connectivity index (χ1v) is 10.8. The number of carbonyl (C=O) groups is 2. The molecule has 6 nitrogen and oxygen atoms in total. The van der Waals surface area contributed by atoms with E-state index in [4.69, 9.17) is 4.74 Å². The van der Waals surface area contributed by atoms with Crippen molar-refractivity contribution in [1.82, 2.24) is 0 Å². The number of benzene rings is 3. The number of anilines is 1. The molecule has 0 aliphatic carbocycles. The highest BCUT2D eigenvalue weighted by Gasteiger charge is 2.47. The molecule has 0 bridgehead atoms. The summed E-state index contributed by atoms with van der Waals surface area (Å²) < 4.78 is 19.1. The number of halogens is 1. The van der Waals surface area contributed by atoms with Crippen LogP contribution in [0.4, 0.5) is 10.1 Å². The van der Waals surface area contributed by atoms with Gasteiger partial charge in [-0.15, -0.1) is 0 Å². The number of ether oxygens (including phenoxy) is 1. The number of carbonyl (C=O) groups excluding carboxylic acids is 2. The number of hydrogen-bond acceptors (Lipinski definition) is 5. The molecule has 0 aromatic heterocycles. The standard InChI is InChI=1S/C27H24FNO5/c1-15(2)19-14-17(10-13-22(19)34-3)25(31)23-24(16-8-11-18(28)12-9-16)29(27(33)26(23)32)20-6-4-5-7-21(20)30/h4-15,24,30-31H,1-3H3/b25-23-. The maximum atomic E-state index is 13.7. The number of hydrogen-bond donors (Lipinski definition) is 2. The summed E-state index contributed by atoms with van der Waals surface area (Å²) >= 11 is 0. The highest BCUT2D eigenvalue weighted by atomic mass is 19.1. The first kappa shape index (κ1) is 23.0. The Balaban J connectivity index is 1.96. The zero-order valence-electron chi connectivity index (χ0n) is 18.9. The van der Waals surface area contributed by atoms with Crippen molar-refractivity contribution in [2.45, 2.75) is 25.8 Å². The summed E-state index contributed by atoms with van der Waals surface area (Å²) in [6, 6.07) is 15.4. The SMILES string of the molecule is COc1ccc(/C(O)=C2/C(=O)C(=O)N(c3ccccc3O)C2c2ccc(F)cc2)cc1C(C)C. The lowest BCUT2D eigenvalue weighted by Gasteiger charge is -2.26. The molecule has 3 aromatic rings. The lowest BCUT2D eigenvalue weighted by atomic mass is 9.93. The summed E-state index contributed by atoms with van der Waals surface area (Å²) in [5, 5.41) is 21.7. The van der Waals surface area contributed by atoms with Crippen LogP contribution in [0.15, 0.2) is 72.3 Å². The van der Waals surface area contributed by atoms with Crippen LogP contribution in [0.2, 0.25) is 0 Å². The Morgan fingerprint density at radius 1 is 1.03 bits per heavy atom. The van der Waals surface area contributed by atoms with Crippen molar-refractivity contribution in [3.05, 3.63) is 94.8 Å². The first-order valence-electron chi connectivity index (χ1n) is 10.8. The number of Topliss-reactive ketones (excluding diaryl/α,β-unsaturated/α-hetero) is 1. The van der Waals surface area contributed by atoms with E-state index in [9.17, 15) is 24.2 Å². The molecular weight excluding hydrogens is 437 g/mol. The average molecular weight is 461 g/mol. The third-order valence-electron chi connectivity index (χ3n) is 5.90. The van der Waals surface area contributed by atoms with E-state index >= 15 is 0 Å². The Morgan fingerprint density at radius 3 is 2.32 bits per heavy atom. The van der Waals surface area contributed by atoms with Gasteiger partial charge in [0, 0.05) is 5.56 Å². The predicted molar refractivity (Wildman–Crippen MR) is 126 cm³/mol. The van der Waals surface area contributed by atoms with Gasteiger partial charge < -0.3 is 14.9 Å². The van der Waals surface area contributed by atoms with Crippen molar-refractivity contribution in [3.8, 4) is 11.5 Å². The molecule has 3 aromatic carbocycles.